The van der Waals surface area contributed by atoms with Crippen LogP contribution in [0.4, 0.5) is 5.69 Å². The summed E-state index contributed by atoms with van der Waals surface area (Å²) in [5.74, 6) is -0.175. The number of anilines is 1. The maximum atomic E-state index is 13.7. The Kier molecular flexibility index (Phi) is 7.83. The first-order valence-corrected chi connectivity index (χ1v) is 14.7. The normalized spacial score (nSPS) is 20.1. The molecule has 3 amide bonds. The molecule has 0 unspecified atom stereocenters. The van der Waals surface area contributed by atoms with Crippen LogP contribution >= 0.6 is 0 Å². The van der Waals surface area contributed by atoms with Crippen LogP contribution in [0.15, 0.2) is 18.2 Å². The van der Waals surface area contributed by atoms with Crippen molar-refractivity contribution in [2.75, 3.05) is 25.0 Å². The van der Waals surface area contributed by atoms with Crippen molar-refractivity contribution in [2.45, 2.75) is 90.6 Å². The van der Waals surface area contributed by atoms with Crippen LogP contribution in [0.1, 0.15) is 108 Å². The van der Waals surface area contributed by atoms with Crippen LogP contribution in [0.25, 0.3) is 0 Å². The van der Waals surface area contributed by atoms with Gasteiger partial charge in [0.1, 0.15) is 0 Å². The van der Waals surface area contributed by atoms with Crippen LogP contribution in [-0.2, 0) is 11.8 Å². The second-order valence-corrected chi connectivity index (χ2v) is 11.8. The van der Waals surface area contributed by atoms with Crippen molar-refractivity contribution in [3.05, 3.63) is 46.3 Å². The number of benzene rings is 1. The molecule has 2 fully saturated rings. The van der Waals surface area contributed by atoms with E-state index in [0.717, 1.165) is 61.2 Å². The van der Waals surface area contributed by atoms with Gasteiger partial charge >= 0.3 is 0 Å². The quantitative estimate of drug-likeness (QED) is 0.495. The highest BCUT2D eigenvalue weighted by molar-refractivity contribution is 6.24. The Labute approximate surface area is 232 Å². The number of amides is 3. The summed E-state index contributed by atoms with van der Waals surface area (Å²) in [5, 5.41) is 4.53. The standard InChI is InChI=1S/C31H43N5O3/c1-20-27(22(3)34(5)32-20)21(2)33(4)29(37)23-16-18-35(19-17-23)26-15-11-14-25-28(26)31(39)36(30(25)38)24-12-9-7-6-8-10-13-24/h11,14-15,21,23-24H,6-10,12-13,16-19H2,1-5H3/t21-/m1/s1. The summed E-state index contributed by atoms with van der Waals surface area (Å²) in [6.45, 7) is 7.49. The summed E-state index contributed by atoms with van der Waals surface area (Å²) in [6, 6.07) is 5.61. The van der Waals surface area contributed by atoms with Gasteiger partial charge in [0.15, 0.2) is 0 Å². The third-order valence-corrected chi connectivity index (χ3v) is 9.46. The van der Waals surface area contributed by atoms with E-state index in [4.69, 9.17) is 0 Å². The summed E-state index contributed by atoms with van der Waals surface area (Å²) in [5.41, 5.74) is 5.09. The molecule has 1 saturated heterocycles. The largest absolute Gasteiger partial charge is 0.371 e. The van der Waals surface area contributed by atoms with Crippen LogP contribution in [0.5, 0.6) is 0 Å². The topological polar surface area (TPSA) is 78.8 Å². The number of hydrogen-bond donors (Lipinski definition) is 0. The van der Waals surface area contributed by atoms with E-state index in [1.54, 1.807) is 11.0 Å². The maximum absolute atomic E-state index is 13.7. The first kappa shape index (κ1) is 27.4. The molecule has 1 atom stereocenters. The maximum Gasteiger partial charge on any atom is 0.263 e. The van der Waals surface area contributed by atoms with Gasteiger partial charge in [-0.1, -0.05) is 38.2 Å². The Bertz CT molecular complexity index is 1250. The molecule has 1 aliphatic carbocycles. The Hall–Kier alpha value is -3.16. The zero-order chi connectivity index (χ0) is 27.8. The monoisotopic (exact) mass is 533 g/mol. The number of aromatic nitrogens is 2. The van der Waals surface area contributed by atoms with Gasteiger partial charge in [-0.25, -0.2) is 0 Å². The molecule has 5 rings (SSSR count). The molecule has 3 aliphatic rings. The fourth-order valence-corrected chi connectivity index (χ4v) is 7.01. The van der Waals surface area contributed by atoms with Gasteiger partial charge in [0.25, 0.3) is 11.8 Å². The molecule has 2 aromatic rings. The third-order valence-electron chi connectivity index (χ3n) is 9.46. The fraction of sp³-hybridized carbons (Fsp3) is 0.613. The highest BCUT2D eigenvalue weighted by atomic mass is 16.2. The molecule has 3 heterocycles. The molecule has 0 bridgehead atoms. The highest BCUT2D eigenvalue weighted by Crippen LogP contribution is 2.37. The second kappa shape index (κ2) is 11.1. The van der Waals surface area contributed by atoms with Gasteiger partial charge in [-0.3, -0.25) is 24.0 Å². The smallest absolute Gasteiger partial charge is 0.263 e. The minimum Gasteiger partial charge on any atom is -0.371 e. The first-order valence-electron chi connectivity index (χ1n) is 14.7. The number of piperidine rings is 1. The van der Waals surface area contributed by atoms with Crippen LogP contribution in [0.3, 0.4) is 0 Å². The molecule has 1 saturated carbocycles. The molecule has 0 radical (unpaired) electrons. The van der Waals surface area contributed by atoms with Gasteiger partial charge in [-0.15, -0.1) is 0 Å². The average Bonchev–Trinajstić information content (AvgIpc) is 3.32. The van der Waals surface area contributed by atoms with Crippen molar-refractivity contribution in [2.24, 2.45) is 13.0 Å². The number of hydrogen-bond acceptors (Lipinski definition) is 5. The minimum atomic E-state index is -0.135. The second-order valence-electron chi connectivity index (χ2n) is 11.8. The molecule has 1 aromatic heterocycles. The van der Waals surface area contributed by atoms with E-state index in [1.807, 2.05) is 49.7 Å². The van der Waals surface area contributed by atoms with E-state index >= 15 is 0 Å². The predicted octanol–water partition coefficient (Wildman–Crippen LogP) is 5.18. The van der Waals surface area contributed by atoms with E-state index in [1.165, 1.54) is 19.3 Å². The summed E-state index contributed by atoms with van der Waals surface area (Å²) in [4.78, 5) is 46.3. The van der Waals surface area contributed by atoms with E-state index < -0.39 is 0 Å². The summed E-state index contributed by atoms with van der Waals surface area (Å²) in [7, 11) is 3.83. The number of aryl methyl sites for hydroxylation is 2. The molecule has 1 aromatic carbocycles. The Morgan fingerprint density at radius 3 is 2.23 bits per heavy atom. The molecule has 2 aliphatic heterocycles. The van der Waals surface area contributed by atoms with Crippen LogP contribution in [-0.4, -0.2) is 63.5 Å². The number of nitrogens with zero attached hydrogens (tertiary/aromatic N) is 5. The van der Waals surface area contributed by atoms with Crippen molar-refractivity contribution in [1.82, 2.24) is 19.6 Å². The summed E-state index contributed by atoms with van der Waals surface area (Å²) < 4.78 is 1.88. The van der Waals surface area contributed by atoms with Crippen LogP contribution in [0.2, 0.25) is 0 Å². The van der Waals surface area contributed by atoms with E-state index in [2.05, 4.69) is 16.9 Å². The molecule has 39 heavy (non-hydrogen) atoms. The van der Waals surface area contributed by atoms with Gasteiger partial charge < -0.3 is 9.80 Å². The van der Waals surface area contributed by atoms with Gasteiger partial charge in [0.05, 0.1) is 28.6 Å². The van der Waals surface area contributed by atoms with E-state index in [9.17, 15) is 14.4 Å². The predicted molar refractivity (Wildman–Crippen MR) is 152 cm³/mol. The van der Waals surface area contributed by atoms with Crippen LogP contribution in [0, 0.1) is 19.8 Å². The summed E-state index contributed by atoms with van der Waals surface area (Å²) in [6.07, 6.45) is 8.98. The van der Waals surface area contributed by atoms with Crippen molar-refractivity contribution < 1.29 is 14.4 Å². The van der Waals surface area contributed by atoms with Gasteiger partial charge in [-0.2, -0.15) is 5.10 Å². The minimum absolute atomic E-state index is 0.00137. The average molecular weight is 534 g/mol. The number of carbonyl (C=O) groups excluding carboxylic acids is 3. The number of fused-ring (bicyclic) bond motifs is 1. The number of imide groups is 1. The van der Waals surface area contributed by atoms with Crippen molar-refractivity contribution >= 4 is 23.4 Å². The van der Waals surface area contributed by atoms with Gasteiger partial charge in [-0.05, 0) is 58.6 Å². The van der Waals surface area contributed by atoms with Crippen molar-refractivity contribution in [1.29, 1.82) is 0 Å². The highest BCUT2D eigenvalue weighted by Gasteiger charge is 2.42. The third kappa shape index (κ3) is 4.98. The Morgan fingerprint density at radius 1 is 0.974 bits per heavy atom. The lowest BCUT2D eigenvalue weighted by Crippen LogP contribution is -2.43. The molecule has 210 valence electrons. The molecule has 0 spiro atoms. The zero-order valence-corrected chi connectivity index (χ0v) is 24.2. The molecule has 0 N–H and O–H groups in total. The fourth-order valence-electron chi connectivity index (χ4n) is 7.01. The molecular formula is C31H43N5O3. The van der Waals surface area contributed by atoms with E-state index in [0.29, 0.717) is 24.2 Å². The molecule has 8 nitrogen and oxygen atoms in total. The van der Waals surface area contributed by atoms with Crippen LogP contribution < -0.4 is 4.90 Å². The Balaban J connectivity index is 1.28. The zero-order valence-electron chi connectivity index (χ0n) is 24.2. The first-order chi connectivity index (χ1) is 18.7. The SMILES string of the molecule is Cc1nn(C)c(C)c1[C@@H](C)N(C)C(=O)C1CCN(c2cccc3c2C(=O)N(C2CCCCCCC2)C3=O)CC1. The molecule has 8 heteroatoms. The lowest BCUT2D eigenvalue weighted by Gasteiger charge is -2.36. The lowest BCUT2D eigenvalue weighted by molar-refractivity contribution is -0.136. The number of rotatable bonds is 5. The molecular weight excluding hydrogens is 490 g/mol. The van der Waals surface area contributed by atoms with Crippen molar-refractivity contribution in [3.63, 3.8) is 0 Å². The summed E-state index contributed by atoms with van der Waals surface area (Å²) >= 11 is 0. The van der Waals surface area contributed by atoms with E-state index in [-0.39, 0.29) is 35.7 Å². The number of carbonyl (C=O) groups is 3. The Morgan fingerprint density at radius 2 is 1.62 bits per heavy atom. The van der Waals surface area contributed by atoms with Gasteiger partial charge in [0, 0.05) is 50.4 Å². The van der Waals surface area contributed by atoms with Crippen molar-refractivity contribution in [3.8, 4) is 0 Å². The van der Waals surface area contributed by atoms with Gasteiger partial charge in [0.2, 0.25) is 5.91 Å². The lowest BCUT2D eigenvalue weighted by atomic mass is 9.93.